The fourth-order valence-corrected chi connectivity index (χ4v) is 0.183. The molecule has 0 atom stereocenters. The van der Waals surface area contributed by atoms with Gasteiger partial charge in [0.1, 0.15) is 0 Å². The summed E-state index contributed by atoms with van der Waals surface area (Å²) in [6.45, 7) is 0. The molecule has 0 saturated heterocycles. The van der Waals surface area contributed by atoms with Gasteiger partial charge in [-0.1, -0.05) is 0 Å². The number of ether oxygens (including phenoxy) is 1. The lowest BCUT2D eigenvalue weighted by molar-refractivity contribution is -0.475. The Balaban J connectivity index is 3.72. The lowest BCUT2D eigenvalue weighted by atomic mass is 11.0. The average molecular weight is 103 g/mol. The van der Waals surface area contributed by atoms with Crippen LogP contribution in [-0.2, 0) is 4.74 Å². The molecule has 0 aromatic carbocycles. The maximum Gasteiger partial charge on any atom is 0.441 e. The predicted molar refractivity (Wildman–Crippen MR) is 28.3 cm³/mol. The summed E-state index contributed by atoms with van der Waals surface area (Å²) < 4.78 is 6.33. The van der Waals surface area contributed by atoms with Crippen LogP contribution >= 0.6 is 0 Å². The number of rotatable bonds is 0. The first-order valence-corrected chi connectivity index (χ1v) is 2.02. The van der Waals surface area contributed by atoms with Crippen molar-refractivity contribution >= 4 is 6.02 Å². The Labute approximate surface area is 43.4 Å². The molecular formula is C4H11N2O+. The highest BCUT2D eigenvalue weighted by Crippen LogP contribution is 1.60. The number of hydrogen-bond acceptors (Lipinski definition) is 1. The molecule has 3 heteroatoms. The fraction of sp³-hybridized carbons (Fsp3) is 0.750. The van der Waals surface area contributed by atoms with Gasteiger partial charge in [0.25, 0.3) is 0 Å². The van der Waals surface area contributed by atoms with Crippen LogP contribution in [0.1, 0.15) is 0 Å². The molecule has 0 fully saturated rings. The van der Waals surface area contributed by atoms with Gasteiger partial charge in [-0.15, -0.1) is 0 Å². The van der Waals surface area contributed by atoms with Crippen molar-refractivity contribution in [2.75, 3.05) is 21.2 Å². The van der Waals surface area contributed by atoms with E-state index in [2.05, 4.69) is 4.74 Å². The highest BCUT2D eigenvalue weighted by Gasteiger charge is 1.92. The van der Waals surface area contributed by atoms with Gasteiger partial charge in [0.2, 0.25) is 0 Å². The van der Waals surface area contributed by atoms with Crippen LogP contribution in [0.25, 0.3) is 0 Å². The molecule has 0 spiro atoms. The van der Waals surface area contributed by atoms with Gasteiger partial charge in [0.15, 0.2) is 0 Å². The molecule has 0 aromatic rings. The molecule has 0 saturated carbocycles. The third kappa shape index (κ3) is 2.03. The average Bonchev–Trinajstić information content (AvgIpc) is 1.65. The normalized spacial score (nSPS) is 7.86. The molecule has 7 heavy (non-hydrogen) atoms. The zero-order valence-electron chi connectivity index (χ0n) is 4.93. The Bertz CT molecular complexity index is 83.7. The van der Waals surface area contributed by atoms with Gasteiger partial charge in [-0.2, -0.15) is 0 Å². The third-order valence-corrected chi connectivity index (χ3v) is 0.650. The second-order valence-electron chi connectivity index (χ2n) is 1.44. The summed E-state index contributed by atoms with van der Waals surface area (Å²) in [6, 6.07) is 0.431. The topological polar surface area (TPSA) is 38.3 Å². The summed E-state index contributed by atoms with van der Waals surface area (Å²) in [7, 11) is 5.17. The van der Waals surface area contributed by atoms with Crippen LogP contribution in [0.15, 0.2) is 0 Å². The molecular weight excluding hydrogens is 92.1 g/mol. The molecule has 3 nitrogen and oxygen atoms in total. The number of nitrogens with two attached hydrogens (primary N) is 1. The van der Waals surface area contributed by atoms with Crippen LogP contribution < -0.4 is 5.73 Å². The van der Waals surface area contributed by atoms with E-state index >= 15 is 0 Å². The van der Waals surface area contributed by atoms with Crippen molar-refractivity contribution in [2.24, 2.45) is 5.73 Å². The van der Waals surface area contributed by atoms with Crippen LogP contribution in [0.2, 0.25) is 0 Å². The SMILES string of the molecule is COC(N)=[N+](C)C. The van der Waals surface area contributed by atoms with Crippen LogP contribution in [0, 0.1) is 0 Å². The summed E-state index contributed by atoms with van der Waals surface area (Å²) in [4.78, 5) is 0. The van der Waals surface area contributed by atoms with Crippen molar-refractivity contribution in [1.82, 2.24) is 0 Å². The van der Waals surface area contributed by atoms with E-state index in [1.807, 2.05) is 14.1 Å². The molecule has 42 valence electrons. The van der Waals surface area contributed by atoms with E-state index in [4.69, 9.17) is 5.73 Å². The number of methoxy groups -OCH3 is 1. The van der Waals surface area contributed by atoms with Crippen molar-refractivity contribution in [2.45, 2.75) is 0 Å². The first kappa shape index (κ1) is 6.27. The molecule has 0 aliphatic carbocycles. The van der Waals surface area contributed by atoms with Crippen LogP contribution in [0.3, 0.4) is 0 Å². The van der Waals surface area contributed by atoms with E-state index in [1.54, 1.807) is 4.58 Å². The maximum atomic E-state index is 5.24. The monoisotopic (exact) mass is 103 g/mol. The van der Waals surface area contributed by atoms with Crippen molar-refractivity contribution in [3.05, 3.63) is 0 Å². The summed E-state index contributed by atoms with van der Waals surface area (Å²) in [5.41, 5.74) is 5.24. The molecule has 0 heterocycles. The largest absolute Gasteiger partial charge is 0.441 e. The Kier molecular flexibility index (Phi) is 2.19. The minimum Gasteiger partial charge on any atom is -0.435 e. The summed E-state index contributed by atoms with van der Waals surface area (Å²) >= 11 is 0. The van der Waals surface area contributed by atoms with E-state index in [-0.39, 0.29) is 0 Å². The summed E-state index contributed by atoms with van der Waals surface area (Å²) in [6.07, 6.45) is 0. The molecule has 0 unspecified atom stereocenters. The second kappa shape index (κ2) is 2.44. The maximum absolute atomic E-state index is 5.24. The highest BCUT2D eigenvalue weighted by atomic mass is 16.5. The second-order valence-corrected chi connectivity index (χ2v) is 1.44. The van der Waals surface area contributed by atoms with Crippen molar-refractivity contribution in [3.63, 3.8) is 0 Å². The lowest BCUT2D eigenvalue weighted by Gasteiger charge is -1.92. The number of nitrogens with zero attached hydrogens (tertiary/aromatic N) is 1. The smallest absolute Gasteiger partial charge is 0.435 e. The van der Waals surface area contributed by atoms with Gasteiger partial charge in [-0.3, -0.25) is 5.73 Å². The highest BCUT2D eigenvalue weighted by molar-refractivity contribution is 5.65. The molecule has 2 N–H and O–H groups in total. The first-order chi connectivity index (χ1) is 3.18. The molecule has 0 radical (unpaired) electrons. The van der Waals surface area contributed by atoms with Gasteiger partial charge >= 0.3 is 6.02 Å². The molecule has 0 bridgehead atoms. The van der Waals surface area contributed by atoms with Crippen LogP contribution in [0.4, 0.5) is 0 Å². The minimum atomic E-state index is 0.431. The van der Waals surface area contributed by atoms with Gasteiger partial charge < -0.3 is 4.74 Å². The van der Waals surface area contributed by atoms with E-state index in [0.29, 0.717) is 6.02 Å². The molecule has 0 rings (SSSR count). The summed E-state index contributed by atoms with van der Waals surface area (Å²) in [5, 5.41) is 0. The van der Waals surface area contributed by atoms with E-state index in [0.717, 1.165) is 0 Å². The van der Waals surface area contributed by atoms with Crippen LogP contribution in [0.5, 0.6) is 0 Å². The van der Waals surface area contributed by atoms with Gasteiger partial charge in [-0.05, 0) is 0 Å². The zero-order chi connectivity index (χ0) is 5.86. The Hall–Kier alpha value is -0.730. The number of amidine groups is 1. The molecule has 0 aromatic heterocycles. The Morgan fingerprint density at radius 1 is 1.57 bits per heavy atom. The fourth-order valence-electron chi connectivity index (χ4n) is 0.183. The number of hydrogen-bond donors (Lipinski definition) is 1. The van der Waals surface area contributed by atoms with Crippen molar-refractivity contribution in [3.8, 4) is 0 Å². The quantitative estimate of drug-likeness (QED) is 0.248. The van der Waals surface area contributed by atoms with Crippen molar-refractivity contribution in [1.29, 1.82) is 0 Å². The zero-order valence-corrected chi connectivity index (χ0v) is 4.93. The first-order valence-electron chi connectivity index (χ1n) is 2.02. The van der Waals surface area contributed by atoms with Crippen LogP contribution in [-0.4, -0.2) is 31.8 Å². The van der Waals surface area contributed by atoms with Crippen molar-refractivity contribution < 1.29 is 9.31 Å². The van der Waals surface area contributed by atoms with E-state index < -0.39 is 0 Å². The molecule has 0 amide bonds. The third-order valence-electron chi connectivity index (χ3n) is 0.650. The standard InChI is InChI=1S/C4H10N2O/c1-6(2)4(5)7-3/h5H,1-3H3/p+1. The van der Waals surface area contributed by atoms with E-state index in [1.165, 1.54) is 7.11 Å². The Morgan fingerprint density at radius 2 is 2.00 bits per heavy atom. The summed E-state index contributed by atoms with van der Waals surface area (Å²) in [5.74, 6) is 0. The van der Waals surface area contributed by atoms with E-state index in [9.17, 15) is 0 Å². The van der Waals surface area contributed by atoms with Gasteiger partial charge in [0, 0.05) is 0 Å². The van der Waals surface area contributed by atoms with Gasteiger partial charge in [-0.25, -0.2) is 4.58 Å². The molecule has 0 aliphatic heterocycles. The molecule has 0 aliphatic rings. The minimum absolute atomic E-state index is 0.431. The predicted octanol–water partition coefficient (Wildman–Crippen LogP) is -0.780. The lowest BCUT2D eigenvalue weighted by Crippen LogP contribution is -2.24. The van der Waals surface area contributed by atoms with Gasteiger partial charge in [0.05, 0.1) is 21.2 Å². The Morgan fingerprint density at radius 3 is 2.00 bits per heavy atom.